The van der Waals surface area contributed by atoms with Crippen molar-refractivity contribution in [2.75, 3.05) is 13.3 Å². The van der Waals surface area contributed by atoms with Gasteiger partial charge in [0.25, 0.3) is 0 Å². The molecule has 1 saturated heterocycles. The summed E-state index contributed by atoms with van der Waals surface area (Å²) in [4.78, 5) is 0. The molecule has 2 N–H and O–H groups in total. The highest BCUT2D eigenvalue weighted by atomic mass is 16.6. The van der Waals surface area contributed by atoms with Gasteiger partial charge in [-0.1, -0.05) is 18.2 Å². The van der Waals surface area contributed by atoms with Crippen LogP contribution in [0.25, 0.3) is 0 Å². The van der Waals surface area contributed by atoms with Gasteiger partial charge in [0.1, 0.15) is 11.8 Å². The van der Waals surface area contributed by atoms with Gasteiger partial charge in [-0.05, 0) is 0 Å². The third kappa shape index (κ3) is 2.04. The van der Waals surface area contributed by atoms with Gasteiger partial charge >= 0.3 is 7.12 Å². The Kier molecular flexibility index (Phi) is 3.03. The minimum Gasteiger partial charge on any atom is -0.534 e. The predicted octanol–water partition coefficient (Wildman–Crippen LogP) is 0.0612. The maximum atomic E-state index is 9.28. The van der Waals surface area contributed by atoms with Crippen molar-refractivity contribution in [3.8, 4) is 5.75 Å². The molecule has 2 heterocycles. The summed E-state index contributed by atoms with van der Waals surface area (Å²) in [6.07, 6.45) is 0. The maximum absolute atomic E-state index is 9.28. The molecule has 90 valence electrons. The van der Waals surface area contributed by atoms with Gasteiger partial charge in [-0.3, -0.25) is 5.32 Å². The molecule has 0 aliphatic carbocycles. The molecule has 0 radical (unpaired) electrons. The van der Waals surface area contributed by atoms with E-state index in [-0.39, 0.29) is 12.6 Å². The first-order chi connectivity index (χ1) is 8.38. The summed E-state index contributed by atoms with van der Waals surface area (Å²) in [6.45, 7) is 1.72. The summed E-state index contributed by atoms with van der Waals surface area (Å²) >= 11 is 0. The van der Waals surface area contributed by atoms with E-state index in [1.807, 2.05) is 18.2 Å². The van der Waals surface area contributed by atoms with E-state index < -0.39 is 7.12 Å². The molecule has 0 aromatic heterocycles. The molecule has 0 spiro atoms. The predicted molar refractivity (Wildman–Crippen MR) is 61.3 cm³/mol. The number of ether oxygens (including phenoxy) is 1. The van der Waals surface area contributed by atoms with E-state index in [9.17, 15) is 5.11 Å². The summed E-state index contributed by atoms with van der Waals surface area (Å²) < 4.78 is 16.9. The highest BCUT2D eigenvalue weighted by molar-refractivity contribution is 6.47. The Morgan fingerprint density at radius 1 is 1.47 bits per heavy atom. The number of hydrogen-bond acceptors (Lipinski definition) is 5. The lowest BCUT2D eigenvalue weighted by atomic mass is 9.79. The molecular formula is C11H14BNO4. The number of para-hydroxylation sites is 1. The van der Waals surface area contributed by atoms with E-state index >= 15 is 0 Å². The molecule has 0 amide bonds. The van der Waals surface area contributed by atoms with Gasteiger partial charge < -0.3 is 19.2 Å². The van der Waals surface area contributed by atoms with E-state index in [1.165, 1.54) is 0 Å². The van der Waals surface area contributed by atoms with E-state index in [2.05, 4.69) is 5.32 Å². The SMILES string of the molecule is OCc1cccc2c1OB(C1CNCO1)OC2. The fraction of sp³-hybridized carbons (Fsp3) is 0.455. The van der Waals surface area contributed by atoms with E-state index in [4.69, 9.17) is 14.0 Å². The first-order valence-corrected chi connectivity index (χ1v) is 5.70. The first kappa shape index (κ1) is 11.0. The number of fused-ring (bicyclic) bond motifs is 1. The molecule has 3 rings (SSSR count). The number of nitrogens with one attached hydrogen (secondary N) is 1. The highest BCUT2D eigenvalue weighted by Gasteiger charge is 2.39. The molecule has 1 aromatic carbocycles. The second kappa shape index (κ2) is 4.66. The average molecular weight is 235 g/mol. The minimum atomic E-state index is -0.398. The Morgan fingerprint density at radius 2 is 2.41 bits per heavy atom. The van der Waals surface area contributed by atoms with Crippen molar-refractivity contribution in [1.29, 1.82) is 0 Å². The van der Waals surface area contributed by atoms with Crippen LogP contribution in [-0.4, -0.2) is 31.5 Å². The van der Waals surface area contributed by atoms with Crippen LogP contribution in [0, 0.1) is 0 Å². The van der Waals surface area contributed by atoms with E-state index in [1.54, 1.807) is 0 Å². The second-order valence-corrected chi connectivity index (χ2v) is 4.16. The van der Waals surface area contributed by atoms with Crippen LogP contribution in [0.15, 0.2) is 18.2 Å². The lowest BCUT2D eigenvalue weighted by Crippen LogP contribution is -2.44. The van der Waals surface area contributed by atoms with Gasteiger partial charge in [-0.25, -0.2) is 0 Å². The summed E-state index contributed by atoms with van der Waals surface area (Å²) in [5, 5.41) is 12.4. The molecule has 1 fully saturated rings. The van der Waals surface area contributed by atoms with Crippen molar-refractivity contribution in [1.82, 2.24) is 5.32 Å². The zero-order valence-electron chi connectivity index (χ0n) is 9.39. The molecule has 1 unspecified atom stereocenters. The molecule has 1 aromatic rings. The molecule has 1 atom stereocenters. The molecule has 2 aliphatic rings. The zero-order chi connectivity index (χ0) is 11.7. The molecular weight excluding hydrogens is 221 g/mol. The molecule has 2 aliphatic heterocycles. The van der Waals surface area contributed by atoms with Gasteiger partial charge in [0.2, 0.25) is 0 Å². The molecule has 0 saturated carbocycles. The van der Waals surface area contributed by atoms with Gasteiger partial charge in [-0.2, -0.15) is 0 Å². The van der Waals surface area contributed by atoms with Crippen LogP contribution in [0.1, 0.15) is 11.1 Å². The van der Waals surface area contributed by atoms with Crippen molar-refractivity contribution < 1.29 is 19.2 Å². The largest absolute Gasteiger partial charge is 0.558 e. The Hall–Kier alpha value is -1.08. The first-order valence-electron chi connectivity index (χ1n) is 5.70. The molecule has 0 bridgehead atoms. The Bertz CT molecular complexity index is 394. The van der Waals surface area contributed by atoms with Gasteiger partial charge in [0.05, 0.1) is 19.9 Å². The maximum Gasteiger partial charge on any atom is 0.558 e. The van der Waals surface area contributed by atoms with Crippen LogP contribution in [0.3, 0.4) is 0 Å². The monoisotopic (exact) mass is 235 g/mol. The van der Waals surface area contributed by atoms with Crippen LogP contribution in [0.5, 0.6) is 5.75 Å². The van der Waals surface area contributed by atoms with Crippen LogP contribution in [0.2, 0.25) is 0 Å². The smallest absolute Gasteiger partial charge is 0.534 e. The Morgan fingerprint density at radius 3 is 3.18 bits per heavy atom. The van der Waals surface area contributed by atoms with Gasteiger partial charge in [0.15, 0.2) is 0 Å². The third-order valence-electron chi connectivity index (χ3n) is 3.03. The number of benzene rings is 1. The standard InChI is InChI=1S/C11H14BNO4/c14-5-8-2-1-3-9-6-16-12(17-11(8)9)10-4-13-7-15-10/h1-3,10,13-14H,4-7H2. The van der Waals surface area contributed by atoms with E-state index in [0.717, 1.165) is 23.4 Å². The molecule has 6 heteroatoms. The van der Waals surface area contributed by atoms with Crippen LogP contribution >= 0.6 is 0 Å². The van der Waals surface area contributed by atoms with Crippen molar-refractivity contribution in [3.05, 3.63) is 29.3 Å². The quantitative estimate of drug-likeness (QED) is 0.710. The van der Waals surface area contributed by atoms with Crippen LogP contribution in [-0.2, 0) is 22.6 Å². The normalized spacial score (nSPS) is 23.4. The number of aliphatic hydroxyl groups is 1. The third-order valence-corrected chi connectivity index (χ3v) is 3.03. The topological polar surface area (TPSA) is 60.0 Å². The Labute approximate surface area is 99.8 Å². The lowest BCUT2D eigenvalue weighted by Gasteiger charge is -2.27. The number of rotatable bonds is 2. The summed E-state index contributed by atoms with van der Waals surface area (Å²) in [5.41, 5.74) is 1.76. The zero-order valence-corrected chi connectivity index (χ0v) is 9.39. The summed E-state index contributed by atoms with van der Waals surface area (Å²) in [5.74, 6) is 0.738. The van der Waals surface area contributed by atoms with Crippen molar-refractivity contribution in [2.24, 2.45) is 0 Å². The number of aliphatic hydroxyl groups excluding tert-OH is 1. The number of hydrogen-bond donors (Lipinski definition) is 2. The summed E-state index contributed by atoms with van der Waals surface area (Å²) in [6, 6.07) is 5.60. The highest BCUT2D eigenvalue weighted by Crippen LogP contribution is 2.30. The van der Waals surface area contributed by atoms with Crippen molar-refractivity contribution >= 4 is 7.12 Å². The minimum absolute atomic E-state index is 0.0281. The second-order valence-electron chi connectivity index (χ2n) is 4.16. The Balaban J connectivity index is 1.83. The van der Waals surface area contributed by atoms with Gasteiger partial charge in [-0.15, -0.1) is 0 Å². The van der Waals surface area contributed by atoms with Gasteiger partial charge in [0, 0.05) is 17.7 Å². The summed E-state index contributed by atoms with van der Waals surface area (Å²) in [7, 11) is -0.398. The molecule has 17 heavy (non-hydrogen) atoms. The molecule has 5 nitrogen and oxygen atoms in total. The van der Waals surface area contributed by atoms with Crippen molar-refractivity contribution in [3.63, 3.8) is 0 Å². The fourth-order valence-electron chi connectivity index (χ4n) is 2.13. The fourth-order valence-corrected chi connectivity index (χ4v) is 2.13. The lowest BCUT2D eigenvalue weighted by molar-refractivity contribution is 0.113. The van der Waals surface area contributed by atoms with E-state index in [0.29, 0.717) is 13.3 Å². The average Bonchev–Trinajstić information content (AvgIpc) is 2.91. The van der Waals surface area contributed by atoms with Crippen LogP contribution in [0.4, 0.5) is 0 Å². The van der Waals surface area contributed by atoms with Crippen LogP contribution < -0.4 is 9.97 Å². The van der Waals surface area contributed by atoms with Crippen molar-refractivity contribution in [2.45, 2.75) is 19.2 Å².